The number of nitrogens with zero attached hydrogens (tertiary/aromatic N) is 1. The lowest BCUT2D eigenvalue weighted by atomic mass is 9.99. The number of rotatable bonds is 3. The first-order valence-corrected chi connectivity index (χ1v) is 6.20. The van der Waals surface area contributed by atoms with Gasteiger partial charge in [-0.1, -0.05) is 24.3 Å². The van der Waals surface area contributed by atoms with Gasteiger partial charge < -0.3 is 5.32 Å². The maximum atomic E-state index is 8.89. The highest BCUT2D eigenvalue weighted by atomic mass is 14.9. The van der Waals surface area contributed by atoms with Gasteiger partial charge in [0.1, 0.15) is 0 Å². The average molecular weight is 226 g/mol. The summed E-state index contributed by atoms with van der Waals surface area (Å²) in [5.74, 6) is 0. The Labute approximate surface area is 103 Å². The van der Waals surface area contributed by atoms with Crippen LogP contribution in [0, 0.1) is 11.3 Å². The Kier molecular flexibility index (Phi) is 3.95. The van der Waals surface area contributed by atoms with E-state index in [4.69, 9.17) is 5.26 Å². The maximum Gasteiger partial charge on any atom is 0.0991 e. The third-order valence-corrected chi connectivity index (χ3v) is 3.27. The summed E-state index contributed by atoms with van der Waals surface area (Å²) in [7, 11) is 0. The van der Waals surface area contributed by atoms with Crippen LogP contribution in [0.2, 0.25) is 0 Å². The van der Waals surface area contributed by atoms with E-state index in [1.807, 2.05) is 18.2 Å². The Balaban J connectivity index is 2.01. The molecule has 0 fully saturated rings. The van der Waals surface area contributed by atoms with Gasteiger partial charge in [0.15, 0.2) is 0 Å². The van der Waals surface area contributed by atoms with Crippen LogP contribution in [-0.4, -0.2) is 6.04 Å². The third kappa shape index (κ3) is 3.18. The van der Waals surface area contributed by atoms with Crippen LogP contribution in [0.15, 0.2) is 36.4 Å². The number of allylic oxidation sites excluding steroid dienone is 1. The van der Waals surface area contributed by atoms with E-state index in [0.717, 1.165) is 12.0 Å². The Hall–Kier alpha value is -1.59. The molecular weight excluding hydrogens is 208 g/mol. The van der Waals surface area contributed by atoms with Gasteiger partial charge in [0.05, 0.1) is 11.6 Å². The molecule has 1 aliphatic carbocycles. The van der Waals surface area contributed by atoms with Crippen LogP contribution < -0.4 is 5.32 Å². The summed E-state index contributed by atoms with van der Waals surface area (Å²) in [5, 5.41) is 12.5. The van der Waals surface area contributed by atoms with Gasteiger partial charge in [-0.15, -0.1) is 0 Å². The van der Waals surface area contributed by atoms with Crippen molar-refractivity contribution in [3.63, 3.8) is 0 Å². The van der Waals surface area contributed by atoms with Crippen LogP contribution in [0.3, 0.4) is 0 Å². The average Bonchev–Trinajstić information content (AvgIpc) is 2.40. The van der Waals surface area contributed by atoms with Crippen LogP contribution in [0.5, 0.6) is 0 Å². The molecule has 1 aliphatic rings. The molecule has 2 nitrogen and oxygen atoms in total. The number of benzene rings is 1. The molecule has 17 heavy (non-hydrogen) atoms. The third-order valence-electron chi connectivity index (χ3n) is 3.27. The van der Waals surface area contributed by atoms with Crippen LogP contribution in [0.25, 0.3) is 0 Å². The summed E-state index contributed by atoms with van der Waals surface area (Å²) in [4.78, 5) is 0. The minimum Gasteiger partial charge on any atom is -0.307 e. The van der Waals surface area contributed by atoms with Crippen LogP contribution in [-0.2, 0) is 0 Å². The summed E-state index contributed by atoms with van der Waals surface area (Å²) in [6.07, 6.45) is 7.99. The summed E-state index contributed by atoms with van der Waals surface area (Å²) >= 11 is 0. The molecule has 2 rings (SSSR count). The summed E-state index contributed by atoms with van der Waals surface area (Å²) < 4.78 is 0. The molecule has 0 radical (unpaired) electrons. The molecule has 0 spiro atoms. The molecule has 0 heterocycles. The summed E-state index contributed by atoms with van der Waals surface area (Å²) in [5.41, 5.74) is 1.93. The Bertz CT molecular complexity index is 442. The summed E-state index contributed by atoms with van der Waals surface area (Å²) in [6.45, 7) is 2.16. The minimum atomic E-state index is 0.305. The zero-order chi connectivity index (χ0) is 12.1. The molecule has 1 aromatic rings. The fourth-order valence-electron chi connectivity index (χ4n) is 2.27. The molecule has 2 atom stereocenters. The van der Waals surface area contributed by atoms with Crippen molar-refractivity contribution in [1.82, 2.24) is 5.32 Å². The van der Waals surface area contributed by atoms with Gasteiger partial charge in [-0.25, -0.2) is 0 Å². The molecule has 88 valence electrons. The normalized spacial score (nSPS) is 20.8. The number of hydrogen-bond acceptors (Lipinski definition) is 2. The lowest BCUT2D eigenvalue weighted by Crippen LogP contribution is -2.32. The fraction of sp³-hybridized carbons (Fsp3) is 0.400. The first-order chi connectivity index (χ1) is 8.29. The Morgan fingerprint density at radius 3 is 3.00 bits per heavy atom. The fourth-order valence-corrected chi connectivity index (χ4v) is 2.27. The van der Waals surface area contributed by atoms with Crippen molar-refractivity contribution in [3.05, 3.63) is 47.5 Å². The first kappa shape index (κ1) is 11.9. The minimum absolute atomic E-state index is 0.305. The topological polar surface area (TPSA) is 35.8 Å². The van der Waals surface area contributed by atoms with E-state index in [1.165, 1.54) is 18.4 Å². The van der Waals surface area contributed by atoms with Crippen molar-refractivity contribution < 1.29 is 0 Å². The van der Waals surface area contributed by atoms with Crippen LogP contribution in [0.1, 0.15) is 43.4 Å². The van der Waals surface area contributed by atoms with Gasteiger partial charge in [-0.05, 0) is 43.9 Å². The van der Waals surface area contributed by atoms with Crippen molar-refractivity contribution >= 4 is 0 Å². The van der Waals surface area contributed by atoms with Gasteiger partial charge in [-0.2, -0.15) is 5.26 Å². The van der Waals surface area contributed by atoms with Gasteiger partial charge >= 0.3 is 0 Å². The van der Waals surface area contributed by atoms with Gasteiger partial charge in [0.2, 0.25) is 0 Å². The number of nitriles is 1. The van der Waals surface area contributed by atoms with E-state index < -0.39 is 0 Å². The van der Waals surface area contributed by atoms with Crippen LogP contribution in [0.4, 0.5) is 0 Å². The van der Waals surface area contributed by atoms with Crippen molar-refractivity contribution in [2.24, 2.45) is 0 Å². The van der Waals surface area contributed by atoms with E-state index in [9.17, 15) is 0 Å². The molecule has 1 aromatic carbocycles. The number of hydrogen-bond donors (Lipinski definition) is 1. The largest absolute Gasteiger partial charge is 0.307 e. The highest BCUT2D eigenvalue weighted by Gasteiger charge is 2.13. The molecule has 0 aliphatic heterocycles. The molecule has 2 heteroatoms. The molecule has 0 saturated carbocycles. The monoisotopic (exact) mass is 226 g/mol. The van der Waals surface area contributed by atoms with Crippen molar-refractivity contribution in [2.75, 3.05) is 0 Å². The molecule has 1 N–H and O–H groups in total. The van der Waals surface area contributed by atoms with Gasteiger partial charge in [0, 0.05) is 12.1 Å². The molecule has 0 amide bonds. The Morgan fingerprint density at radius 2 is 2.29 bits per heavy atom. The van der Waals surface area contributed by atoms with E-state index in [-0.39, 0.29) is 0 Å². The quantitative estimate of drug-likeness (QED) is 0.802. The molecule has 0 aromatic heterocycles. The van der Waals surface area contributed by atoms with Crippen molar-refractivity contribution in [3.8, 4) is 6.07 Å². The highest BCUT2D eigenvalue weighted by molar-refractivity contribution is 5.34. The van der Waals surface area contributed by atoms with Crippen molar-refractivity contribution in [1.29, 1.82) is 5.26 Å². The molecular formula is C15H18N2. The lowest BCUT2D eigenvalue weighted by molar-refractivity contribution is 0.426. The van der Waals surface area contributed by atoms with Gasteiger partial charge in [0.25, 0.3) is 0 Å². The van der Waals surface area contributed by atoms with E-state index in [0.29, 0.717) is 12.1 Å². The predicted octanol–water partition coefficient (Wildman–Crippen LogP) is 3.32. The summed E-state index contributed by atoms with van der Waals surface area (Å²) in [6, 6.07) is 10.9. The number of nitrogens with one attached hydrogen (secondary N) is 1. The molecule has 0 saturated heterocycles. The van der Waals surface area contributed by atoms with E-state index in [1.54, 1.807) is 0 Å². The van der Waals surface area contributed by atoms with E-state index >= 15 is 0 Å². The molecule has 2 unspecified atom stereocenters. The Morgan fingerprint density at radius 1 is 1.41 bits per heavy atom. The standard InChI is InChI=1S/C15H18N2/c1-12(17-15-8-3-2-4-9-15)14-7-5-6-13(10-14)11-16/h2-3,5-7,10,12,15,17H,4,8-9H2,1H3. The smallest absolute Gasteiger partial charge is 0.0991 e. The van der Waals surface area contributed by atoms with Crippen molar-refractivity contribution in [2.45, 2.75) is 38.3 Å². The lowest BCUT2D eigenvalue weighted by Gasteiger charge is -2.24. The molecule has 0 bridgehead atoms. The second kappa shape index (κ2) is 5.65. The van der Waals surface area contributed by atoms with E-state index in [2.05, 4.69) is 36.5 Å². The predicted molar refractivity (Wildman–Crippen MR) is 69.5 cm³/mol. The van der Waals surface area contributed by atoms with Gasteiger partial charge in [-0.3, -0.25) is 0 Å². The second-order valence-corrected chi connectivity index (χ2v) is 4.61. The highest BCUT2D eigenvalue weighted by Crippen LogP contribution is 2.18. The second-order valence-electron chi connectivity index (χ2n) is 4.61. The van der Waals surface area contributed by atoms with Crippen LogP contribution >= 0.6 is 0 Å². The zero-order valence-corrected chi connectivity index (χ0v) is 10.2. The maximum absolute atomic E-state index is 8.89. The first-order valence-electron chi connectivity index (χ1n) is 6.20. The SMILES string of the molecule is CC(NC1CC=CCC1)c1cccc(C#N)c1. The zero-order valence-electron chi connectivity index (χ0n) is 10.2.